The number of rotatable bonds is 4. The first-order valence-corrected chi connectivity index (χ1v) is 14.4. The zero-order chi connectivity index (χ0) is 23.8. The average molecular weight is 481 g/mol. The van der Waals surface area contributed by atoms with E-state index >= 15 is 0 Å². The monoisotopic (exact) mass is 480 g/mol. The van der Waals surface area contributed by atoms with E-state index in [1.54, 1.807) is 0 Å². The summed E-state index contributed by atoms with van der Waals surface area (Å²) in [5.74, 6) is 0.382. The van der Waals surface area contributed by atoms with Crippen molar-refractivity contribution < 1.29 is 9.53 Å². The fraction of sp³-hybridized carbons (Fsp3) is 0.759. The highest BCUT2D eigenvalue weighted by molar-refractivity contribution is 5.98. The topological polar surface area (TPSA) is 39.3 Å². The van der Waals surface area contributed by atoms with E-state index in [1.165, 1.54) is 31.5 Å². The number of carbonyl (C=O) groups is 1. The third-order valence-corrected chi connectivity index (χ3v) is 9.96. The maximum Gasteiger partial charge on any atom is 0.233 e. The largest absolute Gasteiger partial charge is 0.381 e. The van der Waals surface area contributed by atoms with Crippen LogP contribution in [0.2, 0.25) is 0 Å². The Bertz CT molecular complexity index is 875. The molecule has 0 bridgehead atoms. The van der Waals surface area contributed by atoms with Crippen molar-refractivity contribution in [1.82, 2.24) is 9.80 Å². The van der Waals surface area contributed by atoms with Crippen molar-refractivity contribution in [3.63, 3.8) is 0 Å². The predicted molar refractivity (Wildman–Crippen MR) is 141 cm³/mol. The van der Waals surface area contributed by atoms with Gasteiger partial charge in [0.15, 0.2) is 0 Å². The highest BCUT2D eigenvalue weighted by atomic mass is 16.5. The van der Waals surface area contributed by atoms with Gasteiger partial charge in [-0.1, -0.05) is 0 Å². The summed E-state index contributed by atoms with van der Waals surface area (Å²) in [5.41, 5.74) is 2.26. The van der Waals surface area contributed by atoms with E-state index in [4.69, 9.17) is 4.74 Å². The van der Waals surface area contributed by atoms with Crippen LogP contribution in [0.25, 0.3) is 0 Å². The zero-order valence-electron chi connectivity index (χ0n) is 21.7. The number of hydrogen-bond donors (Lipinski definition) is 0. The molecule has 1 aromatic rings. The molecule has 2 atom stereocenters. The number of ether oxygens (including phenoxy) is 1. The molecule has 1 aromatic carbocycles. The molecular weight excluding hydrogens is 436 g/mol. The summed E-state index contributed by atoms with van der Waals surface area (Å²) in [6.07, 6.45) is 10.5. The lowest BCUT2D eigenvalue weighted by atomic mass is 9.71. The van der Waals surface area contributed by atoms with Gasteiger partial charge < -0.3 is 19.4 Å². The Kier molecular flexibility index (Phi) is 6.80. The van der Waals surface area contributed by atoms with Crippen molar-refractivity contribution in [1.29, 1.82) is 0 Å². The third-order valence-electron chi connectivity index (χ3n) is 9.96. The summed E-state index contributed by atoms with van der Waals surface area (Å²) in [4.78, 5) is 23.8. The molecule has 0 N–H and O–H groups in total. The van der Waals surface area contributed by atoms with E-state index < -0.39 is 0 Å². The first-order valence-electron chi connectivity index (χ1n) is 14.4. The first kappa shape index (κ1) is 23.7. The van der Waals surface area contributed by atoms with E-state index in [9.17, 15) is 4.79 Å². The Morgan fingerprint density at radius 2 is 1.54 bits per heavy atom. The molecule has 6 rings (SSSR count). The summed E-state index contributed by atoms with van der Waals surface area (Å²) in [7, 11) is 0. The van der Waals surface area contributed by atoms with Crippen LogP contribution in [-0.2, 0) is 9.53 Å². The lowest BCUT2D eigenvalue weighted by molar-refractivity contribution is -0.134. The van der Waals surface area contributed by atoms with Gasteiger partial charge >= 0.3 is 0 Å². The molecule has 5 fully saturated rings. The molecule has 192 valence electrons. The van der Waals surface area contributed by atoms with Crippen molar-refractivity contribution in [3.8, 4) is 0 Å². The van der Waals surface area contributed by atoms with Gasteiger partial charge in [0.1, 0.15) is 0 Å². The van der Waals surface area contributed by atoms with Gasteiger partial charge in [0.2, 0.25) is 5.91 Å². The summed E-state index contributed by atoms with van der Waals surface area (Å²) >= 11 is 0. The Balaban J connectivity index is 1.08. The SMILES string of the molecule is C[C@H]1CCCN1[C@H]1CCN(c2ccc(N3CCCC4(CCN(C5CCOCC5)CC4)C3=O)cc2)C1. The number of anilines is 2. The maximum absolute atomic E-state index is 13.8. The number of hydrogen-bond acceptors (Lipinski definition) is 5. The number of carbonyl (C=O) groups excluding carboxylic acids is 1. The number of piperidine rings is 2. The minimum atomic E-state index is -0.146. The Hall–Kier alpha value is -1.63. The van der Waals surface area contributed by atoms with Crippen LogP contribution in [0.3, 0.4) is 0 Å². The van der Waals surface area contributed by atoms with E-state index in [0.29, 0.717) is 18.0 Å². The predicted octanol–water partition coefficient (Wildman–Crippen LogP) is 4.14. The smallest absolute Gasteiger partial charge is 0.233 e. The molecule has 0 radical (unpaired) electrons. The van der Waals surface area contributed by atoms with Crippen molar-refractivity contribution >= 4 is 17.3 Å². The number of amides is 1. The summed E-state index contributed by atoms with van der Waals surface area (Å²) in [6.45, 7) is 10.7. The normalized spacial score (nSPS) is 31.1. The molecular formula is C29H44N4O2. The van der Waals surface area contributed by atoms with Crippen molar-refractivity contribution in [3.05, 3.63) is 24.3 Å². The van der Waals surface area contributed by atoms with Crippen LogP contribution in [-0.4, -0.2) is 86.3 Å². The van der Waals surface area contributed by atoms with E-state index in [-0.39, 0.29) is 5.41 Å². The van der Waals surface area contributed by atoms with Gasteiger partial charge in [-0.05, 0) is 109 Å². The van der Waals surface area contributed by atoms with E-state index in [2.05, 4.69) is 50.8 Å². The molecule has 0 aromatic heterocycles. The molecule has 5 heterocycles. The molecule has 0 unspecified atom stereocenters. The van der Waals surface area contributed by atoms with Gasteiger partial charge in [-0.25, -0.2) is 0 Å². The summed E-state index contributed by atoms with van der Waals surface area (Å²) in [6, 6.07) is 11.0. The summed E-state index contributed by atoms with van der Waals surface area (Å²) < 4.78 is 5.56. The Labute approximate surface area is 211 Å². The van der Waals surface area contributed by atoms with Crippen molar-refractivity contribution in [2.75, 3.05) is 62.3 Å². The minimum absolute atomic E-state index is 0.146. The standard InChI is InChI=1S/C29H44N4O2/c1-23-4-2-15-32(23)27-9-17-31(22-27)24-5-7-26(8-6-24)33-16-3-12-29(28(33)34)13-18-30(19-14-29)25-10-20-35-21-11-25/h5-8,23,25,27H,2-4,9-22H2,1H3/t23-,27-/m0/s1. The van der Waals surface area contributed by atoms with Crippen molar-refractivity contribution in [2.24, 2.45) is 5.41 Å². The number of benzene rings is 1. The second-order valence-corrected chi connectivity index (χ2v) is 11.9. The highest BCUT2D eigenvalue weighted by Gasteiger charge is 2.46. The molecule has 1 amide bonds. The first-order chi connectivity index (χ1) is 17.1. The van der Waals surface area contributed by atoms with Gasteiger partial charge in [0.05, 0.1) is 5.41 Å². The average Bonchev–Trinajstić information content (AvgIpc) is 3.56. The third kappa shape index (κ3) is 4.62. The molecule has 0 saturated carbocycles. The van der Waals surface area contributed by atoms with E-state index in [0.717, 1.165) is 96.2 Å². The van der Waals surface area contributed by atoms with Crippen LogP contribution >= 0.6 is 0 Å². The Morgan fingerprint density at radius 3 is 2.26 bits per heavy atom. The van der Waals surface area contributed by atoms with Crippen LogP contribution in [0, 0.1) is 5.41 Å². The molecule has 5 aliphatic rings. The molecule has 5 aliphatic heterocycles. The second kappa shape index (κ2) is 10.0. The molecule has 0 aliphatic carbocycles. The molecule has 35 heavy (non-hydrogen) atoms. The second-order valence-electron chi connectivity index (χ2n) is 11.9. The van der Waals surface area contributed by atoms with Crippen LogP contribution in [0.1, 0.15) is 64.7 Å². The molecule has 1 spiro atoms. The van der Waals surface area contributed by atoms with Gasteiger partial charge in [0, 0.05) is 62.3 Å². The zero-order valence-corrected chi connectivity index (χ0v) is 21.7. The minimum Gasteiger partial charge on any atom is -0.381 e. The van der Waals surface area contributed by atoms with Gasteiger partial charge in [-0.15, -0.1) is 0 Å². The van der Waals surface area contributed by atoms with Crippen LogP contribution < -0.4 is 9.80 Å². The maximum atomic E-state index is 13.8. The fourth-order valence-electron chi connectivity index (χ4n) is 7.74. The highest BCUT2D eigenvalue weighted by Crippen LogP contribution is 2.43. The van der Waals surface area contributed by atoms with Crippen LogP contribution in [0.5, 0.6) is 0 Å². The quantitative estimate of drug-likeness (QED) is 0.648. The van der Waals surface area contributed by atoms with Gasteiger partial charge in [-0.3, -0.25) is 9.69 Å². The lowest BCUT2D eigenvalue weighted by Crippen LogP contribution is -2.55. The molecule has 5 saturated heterocycles. The molecule has 6 heteroatoms. The number of likely N-dealkylation sites (tertiary alicyclic amines) is 2. The van der Waals surface area contributed by atoms with Crippen molar-refractivity contribution in [2.45, 2.75) is 82.8 Å². The Morgan fingerprint density at radius 1 is 0.800 bits per heavy atom. The number of nitrogens with zero attached hydrogens (tertiary/aromatic N) is 4. The lowest BCUT2D eigenvalue weighted by Gasteiger charge is -2.48. The molecule has 6 nitrogen and oxygen atoms in total. The van der Waals surface area contributed by atoms with Crippen LogP contribution in [0.4, 0.5) is 11.4 Å². The van der Waals surface area contributed by atoms with Crippen LogP contribution in [0.15, 0.2) is 24.3 Å². The fourth-order valence-corrected chi connectivity index (χ4v) is 7.74. The van der Waals surface area contributed by atoms with Gasteiger partial charge in [-0.2, -0.15) is 0 Å². The van der Waals surface area contributed by atoms with Gasteiger partial charge in [0.25, 0.3) is 0 Å². The summed E-state index contributed by atoms with van der Waals surface area (Å²) in [5, 5.41) is 0. The van der Waals surface area contributed by atoms with E-state index in [1.807, 2.05) is 0 Å².